The van der Waals surface area contributed by atoms with Crippen LogP contribution in [0.1, 0.15) is 45.1 Å². The van der Waals surface area contributed by atoms with Crippen LogP contribution in [0.4, 0.5) is 0 Å². The zero-order chi connectivity index (χ0) is 17.1. The molecule has 1 fully saturated rings. The molecule has 0 saturated heterocycles. The molecule has 3 heteroatoms. The summed E-state index contributed by atoms with van der Waals surface area (Å²) in [5.74, 6) is 2.21. The lowest BCUT2D eigenvalue weighted by atomic mass is 9.56. The van der Waals surface area contributed by atoms with Crippen molar-refractivity contribution in [2.45, 2.75) is 45.1 Å². The van der Waals surface area contributed by atoms with E-state index < -0.39 is 0 Å². The van der Waals surface area contributed by atoms with Crippen LogP contribution in [0.2, 0.25) is 0 Å². The van der Waals surface area contributed by atoms with Crippen LogP contribution in [-0.2, 0) is 4.79 Å². The molecule has 1 aromatic rings. The Bertz CT molecular complexity index is 775. The zero-order valence-electron chi connectivity index (χ0n) is 14.6. The van der Waals surface area contributed by atoms with Gasteiger partial charge in [-0.1, -0.05) is 12.2 Å². The summed E-state index contributed by atoms with van der Waals surface area (Å²) in [6, 6.07) is 5.90. The first-order valence-electron chi connectivity index (χ1n) is 8.69. The predicted octanol–water partition coefficient (Wildman–Crippen LogP) is 4.57. The molecule has 0 bridgehead atoms. The van der Waals surface area contributed by atoms with Gasteiger partial charge in [-0.05, 0) is 68.9 Å². The van der Waals surface area contributed by atoms with E-state index in [1.807, 2.05) is 24.3 Å². The number of methoxy groups -OCH3 is 1. The lowest BCUT2D eigenvalue weighted by molar-refractivity contribution is -0.116. The molecular weight excluding hydrogens is 300 g/mol. The Labute approximate surface area is 143 Å². The summed E-state index contributed by atoms with van der Waals surface area (Å²) < 4.78 is 12.0. The van der Waals surface area contributed by atoms with Gasteiger partial charge in [0.15, 0.2) is 5.78 Å². The third-order valence-corrected chi connectivity index (χ3v) is 6.41. The summed E-state index contributed by atoms with van der Waals surface area (Å²) >= 11 is 0. The topological polar surface area (TPSA) is 35.5 Å². The van der Waals surface area contributed by atoms with Gasteiger partial charge in [-0.25, -0.2) is 0 Å². The van der Waals surface area contributed by atoms with Crippen LogP contribution < -0.4 is 9.47 Å². The van der Waals surface area contributed by atoms with E-state index in [1.54, 1.807) is 7.11 Å². The number of hydrogen-bond donors (Lipinski definition) is 0. The number of allylic oxidation sites excluding steroid dienone is 2. The molecule has 3 aliphatic rings. The molecule has 1 heterocycles. The average molecular weight is 324 g/mol. The fraction of sp³-hybridized carbons (Fsp3) is 0.476. The van der Waals surface area contributed by atoms with Gasteiger partial charge in [0.1, 0.15) is 17.1 Å². The summed E-state index contributed by atoms with van der Waals surface area (Å²) in [5.41, 5.74) is 2.88. The van der Waals surface area contributed by atoms with Crippen LogP contribution in [0.15, 0.2) is 36.4 Å². The van der Waals surface area contributed by atoms with E-state index in [1.165, 1.54) is 5.57 Å². The Hall–Kier alpha value is -2.03. The number of hydrogen-bond acceptors (Lipinski definition) is 3. The second-order valence-corrected chi connectivity index (χ2v) is 7.63. The molecule has 3 atom stereocenters. The van der Waals surface area contributed by atoms with Crippen LogP contribution in [0, 0.1) is 11.3 Å². The van der Waals surface area contributed by atoms with Crippen LogP contribution in [0.3, 0.4) is 0 Å². The summed E-state index contributed by atoms with van der Waals surface area (Å²) in [6.45, 7) is 8.59. The van der Waals surface area contributed by atoms with Gasteiger partial charge in [-0.2, -0.15) is 0 Å². The van der Waals surface area contributed by atoms with Crippen molar-refractivity contribution in [3.05, 3.63) is 42.0 Å². The molecule has 1 saturated carbocycles. The monoisotopic (exact) mass is 324 g/mol. The number of ketones is 1. The lowest BCUT2D eigenvalue weighted by Gasteiger charge is -2.53. The number of benzene rings is 1. The number of rotatable bonds is 2. The van der Waals surface area contributed by atoms with E-state index in [2.05, 4.69) is 20.4 Å². The minimum Gasteiger partial charge on any atom is -0.497 e. The molecule has 0 aromatic heterocycles. The second-order valence-electron chi connectivity index (χ2n) is 7.63. The van der Waals surface area contributed by atoms with Crippen molar-refractivity contribution >= 4 is 11.4 Å². The van der Waals surface area contributed by atoms with Gasteiger partial charge in [0.25, 0.3) is 0 Å². The number of carbonyl (C=O) groups excluding carboxylic acids is 1. The minimum atomic E-state index is -0.287. The van der Waals surface area contributed by atoms with E-state index in [-0.39, 0.29) is 16.8 Å². The van der Waals surface area contributed by atoms with Crippen molar-refractivity contribution in [2.24, 2.45) is 11.3 Å². The van der Waals surface area contributed by atoms with Crippen LogP contribution in [-0.4, -0.2) is 18.5 Å². The molecule has 2 unspecified atom stereocenters. The highest BCUT2D eigenvalue weighted by molar-refractivity contribution is 6.01. The maximum absolute atomic E-state index is 12.3. The van der Waals surface area contributed by atoms with Gasteiger partial charge in [-0.15, -0.1) is 0 Å². The molecular formula is C21H24O3. The largest absolute Gasteiger partial charge is 0.497 e. The molecule has 1 spiro atoms. The Morgan fingerprint density at radius 3 is 2.88 bits per heavy atom. The molecule has 126 valence electrons. The highest BCUT2D eigenvalue weighted by atomic mass is 16.5. The smallest absolute Gasteiger partial charge is 0.156 e. The molecule has 0 amide bonds. The number of fused-ring (bicyclic) bond motifs is 2. The Morgan fingerprint density at radius 2 is 2.17 bits per heavy atom. The summed E-state index contributed by atoms with van der Waals surface area (Å²) in [6.07, 6.45) is 5.34. The lowest BCUT2D eigenvalue weighted by Crippen LogP contribution is -2.53. The van der Waals surface area contributed by atoms with Crippen LogP contribution in [0.5, 0.6) is 11.5 Å². The van der Waals surface area contributed by atoms with Crippen molar-refractivity contribution in [1.82, 2.24) is 0 Å². The fourth-order valence-corrected chi connectivity index (χ4v) is 5.29. The van der Waals surface area contributed by atoms with Gasteiger partial charge in [-0.3, -0.25) is 4.79 Å². The fourth-order valence-electron chi connectivity index (χ4n) is 5.29. The highest BCUT2D eigenvalue weighted by Gasteiger charge is 2.64. The summed E-state index contributed by atoms with van der Waals surface area (Å²) in [5, 5.41) is 0. The van der Waals surface area contributed by atoms with Crippen molar-refractivity contribution in [3.63, 3.8) is 0 Å². The third kappa shape index (κ3) is 1.81. The molecule has 1 aromatic carbocycles. The van der Waals surface area contributed by atoms with E-state index in [0.717, 1.165) is 41.9 Å². The zero-order valence-corrected chi connectivity index (χ0v) is 14.6. The van der Waals surface area contributed by atoms with Gasteiger partial charge >= 0.3 is 0 Å². The van der Waals surface area contributed by atoms with Crippen molar-refractivity contribution in [1.29, 1.82) is 0 Å². The predicted molar refractivity (Wildman–Crippen MR) is 94.2 cm³/mol. The summed E-state index contributed by atoms with van der Waals surface area (Å²) in [4.78, 5) is 12.3. The van der Waals surface area contributed by atoms with Gasteiger partial charge in [0, 0.05) is 17.4 Å². The Balaban J connectivity index is 2.00. The molecule has 3 nitrogen and oxygen atoms in total. The minimum absolute atomic E-state index is 0.161. The molecule has 2 aliphatic carbocycles. The quantitative estimate of drug-likeness (QED) is 0.748. The van der Waals surface area contributed by atoms with Crippen molar-refractivity contribution < 1.29 is 14.3 Å². The van der Waals surface area contributed by atoms with Gasteiger partial charge < -0.3 is 9.47 Å². The van der Waals surface area contributed by atoms with Crippen molar-refractivity contribution in [3.8, 4) is 11.5 Å². The van der Waals surface area contributed by atoms with E-state index in [0.29, 0.717) is 12.3 Å². The maximum atomic E-state index is 12.3. The first kappa shape index (κ1) is 15.5. The Morgan fingerprint density at radius 1 is 1.38 bits per heavy atom. The molecule has 0 radical (unpaired) electrons. The van der Waals surface area contributed by atoms with E-state index in [4.69, 9.17) is 9.47 Å². The van der Waals surface area contributed by atoms with Crippen LogP contribution >= 0.6 is 0 Å². The molecule has 0 N–H and O–H groups in total. The molecule has 24 heavy (non-hydrogen) atoms. The van der Waals surface area contributed by atoms with Crippen molar-refractivity contribution in [2.75, 3.05) is 7.11 Å². The van der Waals surface area contributed by atoms with E-state index >= 15 is 0 Å². The first-order valence-corrected chi connectivity index (χ1v) is 8.69. The summed E-state index contributed by atoms with van der Waals surface area (Å²) in [7, 11) is 1.66. The second kappa shape index (κ2) is 4.98. The highest BCUT2D eigenvalue weighted by Crippen LogP contribution is 2.67. The van der Waals surface area contributed by atoms with E-state index in [9.17, 15) is 4.79 Å². The van der Waals surface area contributed by atoms with Gasteiger partial charge in [0.05, 0.1) is 7.11 Å². The molecule has 1 aliphatic heterocycles. The Kier molecular flexibility index (Phi) is 3.22. The number of ether oxygens (including phenoxy) is 2. The number of carbonyl (C=O) groups is 1. The normalized spacial score (nSPS) is 33.7. The van der Waals surface area contributed by atoms with Gasteiger partial charge in [0.2, 0.25) is 0 Å². The first-order chi connectivity index (χ1) is 11.4. The molecule has 4 rings (SSSR count). The third-order valence-electron chi connectivity index (χ3n) is 6.41. The SMILES string of the molecule is C=C(C)[C@H]1CCC2(C)Oc3ccc(OC)cc3C3=CC(=O)CCC312. The standard InChI is InChI=1S/C21H24O3/c1-13(2)17-8-9-20(3)21(17)10-7-14(22)11-18(21)16-12-15(23-4)5-6-19(16)24-20/h5-6,11-12,17H,1,7-10H2,2-4H3/t17-,20?,21?/m1/s1. The average Bonchev–Trinajstić information content (AvgIpc) is 2.85. The maximum Gasteiger partial charge on any atom is 0.156 e. The van der Waals surface area contributed by atoms with Crippen LogP contribution in [0.25, 0.3) is 5.57 Å².